The highest BCUT2D eigenvalue weighted by Gasteiger charge is 2.19. The molecule has 0 aliphatic heterocycles. The minimum atomic E-state index is -0.512. The number of para-hydroxylation sites is 1. The summed E-state index contributed by atoms with van der Waals surface area (Å²) in [6.45, 7) is 9.93. The summed E-state index contributed by atoms with van der Waals surface area (Å²) in [5.41, 5.74) is 3.32. The molecule has 4 aromatic rings. The molecule has 0 N–H and O–H groups in total. The number of aromatic nitrogens is 2. The summed E-state index contributed by atoms with van der Waals surface area (Å²) in [4.78, 5) is 30.4. The van der Waals surface area contributed by atoms with E-state index in [1.165, 1.54) is 24.9 Å². The summed E-state index contributed by atoms with van der Waals surface area (Å²) in [6.07, 6.45) is 1.46. The van der Waals surface area contributed by atoms with Crippen LogP contribution in [0, 0.1) is 6.92 Å². The number of halogens is 1. The average molecular weight is 592 g/mol. The third-order valence-electron chi connectivity index (χ3n) is 6.10. The summed E-state index contributed by atoms with van der Waals surface area (Å²) in [7, 11) is 1.48. The number of hydrogen-bond donors (Lipinski definition) is 0. The third kappa shape index (κ3) is 5.88. The number of carbonyl (C=O) groups is 1. The summed E-state index contributed by atoms with van der Waals surface area (Å²) in [6, 6.07) is 14.6. The van der Waals surface area contributed by atoms with Gasteiger partial charge in [0.15, 0.2) is 17.3 Å². The Morgan fingerprint density at radius 1 is 1.15 bits per heavy atom. The van der Waals surface area contributed by atoms with Crippen LogP contribution >= 0.6 is 15.9 Å². The van der Waals surface area contributed by atoms with Crippen LogP contribution < -0.4 is 19.8 Å². The van der Waals surface area contributed by atoms with Gasteiger partial charge in [0.25, 0.3) is 5.56 Å². The van der Waals surface area contributed by atoms with E-state index in [1.807, 2.05) is 32.0 Å². The predicted octanol–water partition coefficient (Wildman–Crippen LogP) is 6.47. The Hall–Kier alpha value is -3.98. The molecule has 0 spiro atoms. The van der Waals surface area contributed by atoms with Gasteiger partial charge in [0, 0.05) is 22.5 Å². The van der Waals surface area contributed by atoms with E-state index in [0.717, 1.165) is 22.4 Å². The lowest BCUT2D eigenvalue weighted by atomic mass is 9.96. The maximum atomic E-state index is 13.8. The number of ether oxygens (including phenoxy) is 3. The van der Waals surface area contributed by atoms with Gasteiger partial charge in [0.2, 0.25) is 0 Å². The standard InChI is InChI=1S/C30H30BrN3O5/c1-7-38-26-12-18(4)24(15-23(26)17(2)3)29-33-25-11-9-8-10-22(25)30(36)34(29)32-16-20-13-21(31)14-27(37-6)28(20)39-19(5)35/h8-17H,7H2,1-6H3. The van der Waals surface area contributed by atoms with Crippen LogP contribution in [0.15, 0.2) is 62.9 Å². The van der Waals surface area contributed by atoms with Gasteiger partial charge in [-0.3, -0.25) is 9.59 Å². The molecule has 0 unspecified atom stereocenters. The van der Waals surface area contributed by atoms with Crippen molar-refractivity contribution in [2.75, 3.05) is 13.7 Å². The van der Waals surface area contributed by atoms with Gasteiger partial charge in [-0.05, 0) is 67.3 Å². The van der Waals surface area contributed by atoms with Crippen molar-refractivity contribution >= 4 is 39.0 Å². The zero-order chi connectivity index (χ0) is 28.3. The Morgan fingerprint density at radius 3 is 2.56 bits per heavy atom. The molecule has 202 valence electrons. The van der Waals surface area contributed by atoms with Crippen LogP contribution in [-0.2, 0) is 4.79 Å². The molecule has 0 amide bonds. The predicted molar refractivity (Wildman–Crippen MR) is 156 cm³/mol. The van der Waals surface area contributed by atoms with E-state index in [1.54, 1.807) is 30.3 Å². The molecule has 0 fully saturated rings. The molecule has 0 aliphatic rings. The molecular weight excluding hydrogens is 562 g/mol. The Balaban J connectivity index is 2.00. The van der Waals surface area contributed by atoms with Crippen molar-refractivity contribution in [2.45, 2.75) is 40.5 Å². The van der Waals surface area contributed by atoms with E-state index in [9.17, 15) is 9.59 Å². The molecule has 4 rings (SSSR count). The Labute approximate surface area is 235 Å². The van der Waals surface area contributed by atoms with E-state index in [4.69, 9.17) is 19.2 Å². The molecule has 0 aliphatic carbocycles. The number of carbonyl (C=O) groups excluding carboxylic acids is 1. The van der Waals surface area contributed by atoms with E-state index < -0.39 is 5.97 Å². The van der Waals surface area contributed by atoms with Crippen LogP contribution in [0.4, 0.5) is 0 Å². The summed E-state index contributed by atoms with van der Waals surface area (Å²) < 4.78 is 18.7. The zero-order valence-electron chi connectivity index (χ0n) is 22.7. The smallest absolute Gasteiger partial charge is 0.308 e. The second kappa shape index (κ2) is 11.8. The number of rotatable bonds is 8. The van der Waals surface area contributed by atoms with Crippen LogP contribution in [0.2, 0.25) is 0 Å². The maximum absolute atomic E-state index is 13.8. The Morgan fingerprint density at radius 2 is 1.90 bits per heavy atom. The summed E-state index contributed by atoms with van der Waals surface area (Å²) in [5.74, 6) is 1.39. The fraction of sp³-hybridized carbons (Fsp3) is 0.267. The first-order valence-electron chi connectivity index (χ1n) is 12.5. The zero-order valence-corrected chi connectivity index (χ0v) is 24.3. The number of aryl methyl sites for hydroxylation is 1. The van der Waals surface area contributed by atoms with Crippen LogP contribution in [0.25, 0.3) is 22.3 Å². The van der Waals surface area contributed by atoms with E-state index in [2.05, 4.69) is 34.9 Å². The largest absolute Gasteiger partial charge is 0.494 e. The molecule has 0 radical (unpaired) electrons. The SMILES string of the molecule is CCOc1cc(C)c(-c2nc3ccccc3c(=O)n2N=Cc2cc(Br)cc(OC)c2OC(C)=O)cc1C(C)C. The highest BCUT2D eigenvalue weighted by atomic mass is 79.9. The first-order valence-corrected chi connectivity index (χ1v) is 13.3. The van der Waals surface area contributed by atoms with Crippen LogP contribution in [0.1, 0.15) is 50.3 Å². The second-order valence-corrected chi connectivity index (χ2v) is 10.1. The van der Waals surface area contributed by atoms with Gasteiger partial charge in [-0.1, -0.05) is 41.9 Å². The lowest BCUT2D eigenvalue weighted by Crippen LogP contribution is -2.21. The normalized spacial score (nSPS) is 11.4. The monoisotopic (exact) mass is 591 g/mol. The molecule has 0 saturated carbocycles. The maximum Gasteiger partial charge on any atom is 0.308 e. The highest BCUT2D eigenvalue weighted by Crippen LogP contribution is 2.36. The fourth-order valence-electron chi connectivity index (χ4n) is 4.29. The highest BCUT2D eigenvalue weighted by molar-refractivity contribution is 9.10. The molecule has 1 aromatic heterocycles. The third-order valence-corrected chi connectivity index (χ3v) is 6.56. The molecular formula is C30H30BrN3O5. The van der Waals surface area contributed by atoms with Gasteiger partial charge in [0.05, 0.1) is 30.8 Å². The van der Waals surface area contributed by atoms with E-state index in [0.29, 0.717) is 39.1 Å². The van der Waals surface area contributed by atoms with Crippen molar-refractivity contribution in [3.63, 3.8) is 0 Å². The van der Waals surface area contributed by atoms with Gasteiger partial charge in [-0.25, -0.2) is 4.98 Å². The molecule has 39 heavy (non-hydrogen) atoms. The number of methoxy groups -OCH3 is 1. The number of nitrogens with zero attached hydrogens (tertiary/aromatic N) is 3. The van der Waals surface area contributed by atoms with Crippen molar-refractivity contribution in [3.8, 4) is 28.6 Å². The van der Waals surface area contributed by atoms with Gasteiger partial charge in [-0.15, -0.1) is 0 Å². The first-order chi connectivity index (χ1) is 18.6. The van der Waals surface area contributed by atoms with Crippen molar-refractivity contribution in [2.24, 2.45) is 5.10 Å². The van der Waals surface area contributed by atoms with Gasteiger partial charge in [0.1, 0.15) is 5.75 Å². The number of fused-ring (bicyclic) bond motifs is 1. The molecule has 8 nitrogen and oxygen atoms in total. The lowest BCUT2D eigenvalue weighted by Gasteiger charge is -2.18. The Bertz CT molecular complexity index is 1640. The molecule has 3 aromatic carbocycles. The van der Waals surface area contributed by atoms with Crippen molar-refractivity contribution in [3.05, 3.63) is 80.0 Å². The quantitative estimate of drug-likeness (QED) is 0.132. The number of hydrogen-bond acceptors (Lipinski definition) is 7. The molecule has 0 atom stereocenters. The minimum Gasteiger partial charge on any atom is -0.494 e. The summed E-state index contributed by atoms with van der Waals surface area (Å²) >= 11 is 3.45. The number of benzene rings is 3. The van der Waals surface area contributed by atoms with Crippen molar-refractivity contribution < 1.29 is 19.0 Å². The first kappa shape index (κ1) is 28.0. The van der Waals surface area contributed by atoms with Crippen LogP contribution in [0.5, 0.6) is 17.2 Å². The molecule has 1 heterocycles. The van der Waals surface area contributed by atoms with Gasteiger partial charge in [-0.2, -0.15) is 9.78 Å². The number of esters is 1. The lowest BCUT2D eigenvalue weighted by molar-refractivity contribution is -0.132. The molecule has 0 saturated heterocycles. The topological polar surface area (TPSA) is 92.0 Å². The van der Waals surface area contributed by atoms with Crippen molar-refractivity contribution in [1.82, 2.24) is 9.66 Å². The van der Waals surface area contributed by atoms with Crippen LogP contribution in [0.3, 0.4) is 0 Å². The fourth-order valence-corrected chi connectivity index (χ4v) is 4.74. The summed E-state index contributed by atoms with van der Waals surface area (Å²) in [5, 5.41) is 5.01. The second-order valence-electron chi connectivity index (χ2n) is 9.23. The average Bonchev–Trinajstić information content (AvgIpc) is 2.89. The van der Waals surface area contributed by atoms with Gasteiger partial charge >= 0.3 is 5.97 Å². The van der Waals surface area contributed by atoms with Gasteiger partial charge < -0.3 is 14.2 Å². The minimum absolute atomic E-state index is 0.176. The van der Waals surface area contributed by atoms with E-state index >= 15 is 0 Å². The molecule has 0 bridgehead atoms. The Kier molecular flexibility index (Phi) is 8.50. The van der Waals surface area contributed by atoms with Crippen LogP contribution in [-0.4, -0.2) is 35.6 Å². The molecule has 9 heteroatoms. The van der Waals surface area contributed by atoms with Crippen molar-refractivity contribution in [1.29, 1.82) is 0 Å². The van der Waals surface area contributed by atoms with E-state index in [-0.39, 0.29) is 17.2 Å².